The first-order chi connectivity index (χ1) is 7.65. The number of hydrogen-bond donors (Lipinski definition) is 0. The van der Waals surface area contributed by atoms with Crippen molar-refractivity contribution in [2.45, 2.75) is 32.1 Å². The fourth-order valence-electron chi connectivity index (χ4n) is 1.88. The molecular weight excluding hydrogens is 284 g/mol. The molecule has 0 unspecified atom stereocenters. The van der Waals surface area contributed by atoms with Crippen molar-refractivity contribution in [2.24, 2.45) is 5.92 Å². The van der Waals surface area contributed by atoms with Crippen molar-refractivity contribution in [1.29, 1.82) is 0 Å². The summed E-state index contributed by atoms with van der Waals surface area (Å²) < 4.78 is 0. The number of halogens is 1. The molecular formula is C15H21ClCrO. The predicted octanol–water partition coefficient (Wildman–Crippen LogP) is 4.62. The van der Waals surface area contributed by atoms with Crippen LogP contribution in [0, 0.1) is 20.3 Å². The number of carbonyl (C=O) groups excluding carboxylic acids is 1. The average Bonchev–Trinajstić information content (AvgIpc) is 2.29. The molecule has 0 N–H and O–H groups in total. The van der Waals surface area contributed by atoms with Gasteiger partial charge in [-0.15, -0.1) is 5.92 Å². The van der Waals surface area contributed by atoms with E-state index < -0.39 is 0 Å². The Bertz CT molecular complexity index is 327. The van der Waals surface area contributed by atoms with Gasteiger partial charge in [0, 0.05) is 5.92 Å². The van der Waals surface area contributed by atoms with Crippen LogP contribution < -0.4 is 0 Å². The van der Waals surface area contributed by atoms with Gasteiger partial charge in [-0.2, -0.15) is 0 Å². The van der Waals surface area contributed by atoms with Crippen molar-refractivity contribution >= 4 is 16.8 Å². The topological polar surface area (TPSA) is 17.1 Å². The molecule has 1 aromatic carbocycles. The van der Waals surface area contributed by atoms with E-state index in [0.29, 0.717) is 0 Å². The van der Waals surface area contributed by atoms with Crippen LogP contribution in [-0.2, 0) is 22.2 Å². The maximum absolute atomic E-state index is 11.2. The molecule has 0 saturated heterocycles. The number of rotatable bonds is 6. The van der Waals surface area contributed by atoms with Gasteiger partial charge in [-0.25, -0.2) is 0 Å². The fraction of sp³-hybridized carbons (Fsp3) is 0.400. The van der Waals surface area contributed by atoms with Gasteiger partial charge in [-0.1, -0.05) is 55.7 Å². The van der Waals surface area contributed by atoms with Gasteiger partial charge in [0.1, 0.15) is 0 Å². The van der Waals surface area contributed by atoms with E-state index in [1.54, 1.807) is 0 Å². The van der Waals surface area contributed by atoms with Gasteiger partial charge in [-0.3, -0.25) is 4.79 Å². The average molecular weight is 305 g/mol. The van der Waals surface area contributed by atoms with Crippen molar-refractivity contribution in [3.05, 3.63) is 50.2 Å². The van der Waals surface area contributed by atoms with Gasteiger partial charge < -0.3 is 14.4 Å². The SMILES string of the molecule is [CH2-][C@H](C[C@H](CCC)C(=O)Cl)c1ccccc1.[CH3-].[Cr+2]. The van der Waals surface area contributed by atoms with Crippen LogP contribution in [0.25, 0.3) is 0 Å². The number of benzene rings is 1. The minimum absolute atomic E-state index is 0. The van der Waals surface area contributed by atoms with Gasteiger partial charge in [0.2, 0.25) is 5.24 Å². The van der Waals surface area contributed by atoms with E-state index >= 15 is 0 Å². The Kier molecular flexibility index (Phi) is 11.8. The molecule has 2 atom stereocenters. The largest absolute Gasteiger partial charge is 2.00 e. The van der Waals surface area contributed by atoms with Gasteiger partial charge in [0.05, 0.1) is 0 Å². The Morgan fingerprint density at radius 2 is 1.89 bits per heavy atom. The molecule has 1 aromatic rings. The van der Waals surface area contributed by atoms with E-state index in [-0.39, 0.29) is 41.9 Å². The van der Waals surface area contributed by atoms with E-state index in [0.717, 1.165) is 19.3 Å². The van der Waals surface area contributed by atoms with Crippen molar-refractivity contribution in [2.75, 3.05) is 0 Å². The summed E-state index contributed by atoms with van der Waals surface area (Å²) in [7, 11) is 0. The van der Waals surface area contributed by atoms with Crippen LogP contribution in [-0.4, -0.2) is 5.24 Å². The van der Waals surface area contributed by atoms with Crippen LogP contribution in [0.3, 0.4) is 0 Å². The van der Waals surface area contributed by atoms with Gasteiger partial charge in [-0.05, 0) is 18.0 Å². The molecule has 1 rings (SSSR count). The molecule has 0 bridgehead atoms. The van der Waals surface area contributed by atoms with E-state index in [1.807, 2.05) is 30.3 Å². The maximum atomic E-state index is 11.2. The third-order valence-corrected chi connectivity index (χ3v) is 3.11. The molecule has 0 heterocycles. The minimum atomic E-state index is -0.230. The predicted molar refractivity (Wildman–Crippen MR) is 74.8 cm³/mol. The third-order valence-electron chi connectivity index (χ3n) is 2.80. The Morgan fingerprint density at radius 3 is 2.33 bits per heavy atom. The van der Waals surface area contributed by atoms with Crippen LogP contribution in [0.2, 0.25) is 0 Å². The molecule has 0 aromatic heterocycles. The molecule has 0 aliphatic rings. The maximum Gasteiger partial charge on any atom is 2.00 e. The standard InChI is InChI=1S/C14H18ClO.CH3.Cr/c1-3-7-13(14(15)16)10-11(2)12-8-5-4-6-9-12;;/h4-6,8-9,11,13H,2-3,7,10H2,1H3;1H3;/q2*-1;+2/t11-,13+;;/m1../s1. The van der Waals surface area contributed by atoms with E-state index in [2.05, 4.69) is 13.8 Å². The number of hydrogen-bond acceptors (Lipinski definition) is 1. The summed E-state index contributed by atoms with van der Waals surface area (Å²) in [5, 5.41) is -0.230. The normalized spacial score (nSPS) is 12.8. The molecule has 0 fully saturated rings. The first-order valence-corrected chi connectivity index (χ1v) is 6.10. The summed E-state index contributed by atoms with van der Waals surface area (Å²) in [5.74, 6) is 0.0785. The molecule has 0 aliphatic carbocycles. The second-order valence-electron chi connectivity index (χ2n) is 4.13. The van der Waals surface area contributed by atoms with Crippen LogP contribution in [0.1, 0.15) is 37.7 Å². The van der Waals surface area contributed by atoms with Crippen molar-refractivity contribution in [3.8, 4) is 0 Å². The molecule has 1 nitrogen and oxygen atoms in total. The first-order valence-electron chi connectivity index (χ1n) is 5.72. The smallest absolute Gasteiger partial charge is 0.358 e. The van der Waals surface area contributed by atoms with E-state index in [4.69, 9.17) is 11.6 Å². The minimum Gasteiger partial charge on any atom is -0.358 e. The van der Waals surface area contributed by atoms with Crippen molar-refractivity contribution in [3.63, 3.8) is 0 Å². The molecule has 100 valence electrons. The van der Waals surface area contributed by atoms with E-state index in [9.17, 15) is 4.79 Å². The fourth-order valence-corrected chi connectivity index (χ4v) is 2.08. The van der Waals surface area contributed by atoms with Gasteiger partial charge in [0.25, 0.3) is 0 Å². The Hall–Kier alpha value is -0.288. The van der Waals surface area contributed by atoms with E-state index in [1.165, 1.54) is 5.56 Å². The molecule has 0 amide bonds. The summed E-state index contributed by atoms with van der Waals surface area (Å²) in [5.41, 5.74) is 1.17. The second-order valence-corrected chi connectivity index (χ2v) is 4.51. The first kappa shape index (κ1) is 20.0. The van der Waals surface area contributed by atoms with Crippen LogP contribution in [0.4, 0.5) is 0 Å². The monoisotopic (exact) mass is 304 g/mol. The summed E-state index contributed by atoms with van der Waals surface area (Å²) in [4.78, 5) is 11.2. The quantitative estimate of drug-likeness (QED) is 0.553. The zero-order valence-electron chi connectivity index (χ0n) is 11.1. The summed E-state index contributed by atoms with van der Waals surface area (Å²) in [6.45, 7) is 6.16. The molecule has 0 saturated carbocycles. The van der Waals surface area contributed by atoms with Gasteiger partial charge in [0.15, 0.2) is 0 Å². The Morgan fingerprint density at radius 1 is 1.33 bits per heavy atom. The van der Waals surface area contributed by atoms with Gasteiger partial charge >= 0.3 is 17.4 Å². The second kappa shape index (κ2) is 10.6. The zero-order valence-corrected chi connectivity index (χ0v) is 13.1. The van der Waals surface area contributed by atoms with Crippen LogP contribution >= 0.6 is 11.6 Å². The summed E-state index contributed by atoms with van der Waals surface area (Å²) in [6.07, 6.45) is 2.56. The van der Waals surface area contributed by atoms with Crippen LogP contribution in [0.5, 0.6) is 0 Å². The zero-order chi connectivity index (χ0) is 12.0. The molecule has 3 heteroatoms. The Balaban J connectivity index is 0. The molecule has 0 radical (unpaired) electrons. The number of carbonyl (C=O) groups is 1. The van der Waals surface area contributed by atoms with Crippen molar-refractivity contribution in [1.82, 2.24) is 0 Å². The summed E-state index contributed by atoms with van der Waals surface area (Å²) in [6, 6.07) is 10.0. The third kappa shape index (κ3) is 6.59. The molecule has 18 heavy (non-hydrogen) atoms. The Labute approximate surface area is 127 Å². The van der Waals surface area contributed by atoms with Crippen molar-refractivity contribution < 1.29 is 22.2 Å². The molecule has 0 spiro atoms. The molecule has 0 aliphatic heterocycles. The summed E-state index contributed by atoms with van der Waals surface area (Å²) >= 11 is 5.59. The van der Waals surface area contributed by atoms with Crippen LogP contribution in [0.15, 0.2) is 30.3 Å².